The molecule has 1 aliphatic heterocycles. The van der Waals surface area contributed by atoms with Gasteiger partial charge in [0.2, 0.25) is 0 Å². The van der Waals surface area contributed by atoms with Crippen LogP contribution < -0.4 is 4.74 Å². The Bertz CT molecular complexity index is 666. The van der Waals surface area contributed by atoms with Gasteiger partial charge in [0.15, 0.2) is 0 Å². The molecule has 3 aliphatic rings. The van der Waals surface area contributed by atoms with E-state index in [-0.39, 0.29) is 6.09 Å². The van der Waals surface area contributed by atoms with E-state index in [1.807, 2.05) is 6.07 Å². The second kappa shape index (κ2) is 8.22. The average Bonchev–Trinajstić information content (AvgIpc) is 3.11. The van der Waals surface area contributed by atoms with Crippen LogP contribution in [0.5, 0.6) is 5.75 Å². The highest BCUT2D eigenvalue weighted by Gasteiger charge is 2.39. The van der Waals surface area contributed by atoms with E-state index in [1.54, 1.807) is 14.1 Å². The number of carbonyl (C=O) groups excluding carboxylic acids is 1. The highest BCUT2D eigenvalue weighted by Crippen LogP contribution is 2.44. The molecule has 0 N–H and O–H groups in total. The van der Waals surface area contributed by atoms with Crippen molar-refractivity contribution in [3.05, 3.63) is 29.3 Å². The van der Waals surface area contributed by atoms with Crippen molar-refractivity contribution < 1.29 is 9.53 Å². The van der Waals surface area contributed by atoms with E-state index < -0.39 is 0 Å². The van der Waals surface area contributed by atoms with E-state index in [0.29, 0.717) is 12.0 Å². The van der Waals surface area contributed by atoms with Gasteiger partial charge in [0.25, 0.3) is 0 Å². The predicted octanol–water partition coefficient (Wildman–Crippen LogP) is 4.82. The maximum atomic E-state index is 12.0. The molecular formula is C23H34N2O2. The van der Waals surface area contributed by atoms with Crippen molar-refractivity contribution in [2.45, 2.75) is 69.7 Å². The summed E-state index contributed by atoms with van der Waals surface area (Å²) in [6.45, 7) is 2.50. The van der Waals surface area contributed by atoms with E-state index >= 15 is 0 Å². The Labute approximate surface area is 163 Å². The van der Waals surface area contributed by atoms with E-state index in [9.17, 15) is 4.79 Å². The molecule has 1 heterocycles. The summed E-state index contributed by atoms with van der Waals surface area (Å²) in [4.78, 5) is 16.3. The van der Waals surface area contributed by atoms with Gasteiger partial charge in [0.05, 0.1) is 0 Å². The van der Waals surface area contributed by atoms with Gasteiger partial charge in [-0.2, -0.15) is 0 Å². The lowest BCUT2D eigenvalue weighted by Gasteiger charge is -2.35. The zero-order valence-electron chi connectivity index (χ0n) is 17.0. The molecule has 0 radical (unpaired) electrons. The smallest absolute Gasteiger partial charge is 0.410 e. The van der Waals surface area contributed by atoms with Crippen molar-refractivity contribution in [2.24, 2.45) is 5.92 Å². The first-order valence-corrected chi connectivity index (χ1v) is 10.9. The third kappa shape index (κ3) is 4.01. The Morgan fingerprint density at radius 1 is 1.15 bits per heavy atom. The summed E-state index contributed by atoms with van der Waals surface area (Å²) < 4.78 is 5.65. The molecule has 1 aromatic rings. The van der Waals surface area contributed by atoms with Gasteiger partial charge in [-0.25, -0.2) is 4.79 Å². The molecule has 0 bridgehead atoms. The topological polar surface area (TPSA) is 32.8 Å². The fourth-order valence-electron chi connectivity index (χ4n) is 5.54. The Balaban J connectivity index is 1.43. The lowest BCUT2D eigenvalue weighted by atomic mass is 9.79. The number of likely N-dealkylation sites (tertiary alicyclic amines) is 1. The molecular weight excluding hydrogens is 336 g/mol. The number of amides is 1. The minimum absolute atomic E-state index is 0.286. The Morgan fingerprint density at radius 3 is 2.74 bits per heavy atom. The Morgan fingerprint density at radius 2 is 1.96 bits per heavy atom. The molecule has 1 saturated carbocycles. The fraction of sp³-hybridized carbons (Fsp3) is 0.696. The van der Waals surface area contributed by atoms with Crippen molar-refractivity contribution in [1.82, 2.24) is 9.80 Å². The number of hydrogen-bond donors (Lipinski definition) is 0. The summed E-state index contributed by atoms with van der Waals surface area (Å²) in [6, 6.07) is 6.96. The normalized spacial score (nSPS) is 25.7. The fourth-order valence-corrected chi connectivity index (χ4v) is 5.54. The highest BCUT2D eigenvalue weighted by molar-refractivity contribution is 5.70. The average molecular weight is 371 g/mol. The number of ether oxygens (including phenoxy) is 1. The first kappa shape index (κ1) is 18.8. The minimum Gasteiger partial charge on any atom is -0.410 e. The van der Waals surface area contributed by atoms with Crippen molar-refractivity contribution in [3.8, 4) is 5.75 Å². The van der Waals surface area contributed by atoms with Crippen molar-refractivity contribution in [2.75, 3.05) is 27.2 Å². The number of rotatable bonds is 4. The predicted molar refractivity (Wildman–Crippen MR) is 108 cm³/mol. The van der Waals surface area contributed by atoms with Crippen molar-refractivity contribution in [1.29, 1.82) is 0 Å². The highest BCUT2D eigenvalue weighted by atomic mass is 16.6. The number of fused-ring (bicyclic) bond motifs is 3. The van der Waals surface area contributed by atoms with E-state index in [4.69, 9.17) is 4.74 Å². The first-order chi connectivity index (χ1) is 13.1. The number of hydrogen-bond acceptors (Lipinski definition) is 3. The number of benzene rings is 1. The molecule has 1 amide bonds. The zero-order chi connectivity index (χ0) is 18.8. The summed E-state index contributed by atoms with van der Waals surface area (Å²) in [7, 11) is 3.46. The van der Waals surface area contributed by atoms with Gasteiger partial charge >= 0.3 is 6.09 Å². The Hall–Kier alpha value is -1.55. The molecule has 2 atom stereocenters. The van der Waals surface area contributed by atoms with Crippen LogP contribution in [0.1, 0.15) is 68.4 Å². The van der Waals surface area contributed by atoms with Crippen molar-refractivity contribution in [3.63, 3.8) is 0 Å². The molecule has 0 spiro atoms. The summed E-state index contributed by atoms with van der Waals surface area (Å²) >= 11 is 0. The van der Waals surface area contributed by atoms with Crippen LogP contribution in [0.4, 0.5) is 4.79 Å². The summed E-state index contributed by atoms with van der Waals surface area (Å²) in [5.41, 5.74) is 2.69. The Kier molecular flexibility index (Phi) is 5.72. The monoisotopic (exact) mass is 370 g/mol. The van der Waals surface area contributed by atoms with Gasteiger partial charge in [-0.3, -0.25) is 4.90 Å². The molecule has 1 aromatic carbocycles. The van der Waals surface area contributed by atoms with Gasteiger partial charge < -0.3 is 9.64 Å². The van der Waals surface area contributed by atoms with Gasteiger partial charge in [-0.15, -0.1) is 0 Å². The van der Waals surface area contributed by atoms with Gasteiger partial charge in [-0.05, 0) is 61.9 Å². The van der Waals surface area contributed by atoms with Crippen LogP contribution in [0.3, 0.4) is 0 Å². The second-order valence-electron chi connectivity index (χ2n) is 8.92. The number of carbonyl (C=O) groups is 1. The second-order valence-corrected chi connectivity index (χ2v) is 8.92. The van der Waals surface area contributed by atoms with Crippen LogP contribution in [0, 0.1) is 5.92 Å². The summed E-state index contributed by atoms with van der Waals surface area (Å²) in [6.07, 6.45) is 11.8. The largest absolute Gasteiger partial charge is 0.414 e. The van der Waals surface area contributed by atoms with Crippen LogP contribution in [0.25, 0.3) is 0 Å². The van der Waals surface area contributed by atoms with Crippen LogP contribution in [0.15, 0.2) is 18.2 Å². The minimum atomic E-state index is -0.286. The summed E-state index contributed by atoms with van der Waals surface area (Å²) in [5, 5.41) is 0. The SMILES string of the molecule is CN(C)C(=O)Oc1cccc2c1CC[C@H]1[C@@H]2CCN1CCC1CCCCC1. The van der Waals surface area contributed by atoms with Gasteiger partial charge in [-0.1, -0.05) is 44.2 Å². The van der Waals surface area contributed by atoms with Crippen LogP contribution in [0.2, 0.25) is 0 Å². The quantitative estimate of drug-likeness (QED) is 0.762. The standard InChI is InChI=1S/C23H34N2O2/c1-24(2)23(26)27-22-10-6-9-18-19-14-16-25(21(19)12-11-20(18)22)15-13-17-7-4-3-5-8-17/h6,9-10,17,19,21H,3-5,7-8,11-16H2,1-2H3/t19-,21+/m1/s1. The zero-order valence-corrected chi connectivity index (χ0v) is 17.0. The molecule has 27 heavy (non-hydrogen) atoms. The number of nitrogens with zero attached hydrogens (tertiary/aromatic N) is 2. The molecule has 1 saturated heterocycles. The van der Waals surface area contributed by atoms with E-state index in [2.05, 4.69) is 17.0 Å². The molecule has 4 nitrogen and oxygen atoms in total. The third-order valence-corrected chi connectivity index (χ3v) is 7.03. The molecule has 4 rings (SSSR count). The maximum Gasteiger partial charge on any atom is 0.414 e. The maximum absolute atomic E-state index is 12.0. The van der Waals surface area contributed by atoms with Crippen LogP contribution >= 0.6 is 0 Å². The first-order valence-electron chi connectivity index (χ1n) is 10.9. The third-order valence-electron chi connectivity index (χ3n) is 7.03. The van der Waals surface area contributed by atoms with Gasteiger partial charge in [0, 0.05) is 26.1 Å². The molecule has 4 heteroatoms. The molecule has 2 fully saturated rings. The lowest BCUT2D eigenvalue weighted by molar-refractivity contribution is 0.170. The van der Waals surface area contributed by atoms with E-state index in [1.165, 1.54) is 80.5 Å². The van der Waals surface area contributed by atoms with E-state index in [0.717, 1.165) is 18.1 Å². The van der Waals surface area contributed by atoms with Crippen LogP contribution in [-0.2, 0) is 6.42 Å². The molecule has 0 unspecified atom stereocenters. The molecule has 148 valence electrons. The van der Waals surface area contributed by atoms with Crippen LogP contribution in [-0.4, -0.2) is 49.1 Å². The lowest BCUT2D eigenvalue weighted by Crippen LogP contribution is -2.36. The molecule has 0 aromatic heterocycles. The van der Waals surface area contributed by atoms with Gasteiger partial charge in [0.1, 0.15) is 5.75 Å². The summed E-state index contributed by atoms with van der Waals surface area (Å²) in [5.74, 6) is 2.34. The molecule has 2 aliphatic carbocycles. The van der Waals surface area contributed by atoms with Crippen molar-refractivity contribution >= 4 is 6.09 Å².